The van der Waals surface area contributed by atoms with Crippen LogP contribution in [-0.4, -0.2) is 65.4 Å². The lowest BCUT2D eigenvalue weighted by Gasteiger charge is -2.36. The van der Waals surface area contributed by atoms with Gasteiger partial charge in [-0.1, -0.05) is 0 Å². The van der Waals surface area contributed by atoms with Crippen LogP contribution in [0.25, 0.3) is 10.2 Å². The van der Waals surface area contributed by atoms with Crippen molar-refractivity contribution in [1.29, 1.82) is 0 Å². The molecule has 3 aliphatic rings. The molecule has 1 fully saturated rings. The van der Waals surface area contributed by atoms with Gasteiger partial charge in [0.25, 0.3) is 0 Å². The van der Waals surface area contributed by atoms with Crippen LogP contribution >= 0.6 is 11.3 Å². The van der Waals surface area contributed by atoms with Gasteiger partial charge in [-0.15, -0.1) is 11.3 Å². The molecule has 0 unspecified atom stereocenters. The van der Waals surface area contributed by atoms with E-state index >= 15 is 0 Å². The van der Waals surface area contributed by atoms with Gasteiger partial charge in [-0.2, -0.15) is 0 Å². The fourth-order valence-corrected chi connectivity index (χ4v) is 6.70. The Kier molecular flexibility index (Phi) is 6.56. The van der Waals surface area contributed by atoms with E-state index in [1.807, 2.05) is 24.1 Å². The van der Waals surface area contributed by atoms with Crippen LogP contribution in [0.3, 0.4) is 0 Å². The summed E-state index contributed by atoms with van der Waals surface area (Å²) in [7, 11) is 0. The normalized spacial score (nSPS) is 21.5. The van der Waals surface area contributed by atoms with Crippen LogP contribution in [0.5, 0.6) is 5.75 Å². The molecule has 10 heteroatoms. The molecule has 0 spiro atoms. The largest absolute Gasteiger partial charge is 0.487 e. The number of aromatic nitrogens is 2. The second kappa shape index (κ2) is 10.00. The van der Waals surface area contributed by atoms with Gasteiger partial charge in [-0.05, 0) is 61.9 Å². The van der Waals surface area contributed by atoms with Crippen molar-refractivity contribution in [1.82, 2.24) is 14.9 Å². The van der Waals surface area contributed by atoms with Crippen molar-refractivity contribution in [3.63, 3.8) is 0 Å². The van der Waals surface area contributed by atoms with Crippen molar-refractivity contribution in [2.24, 2.45) is 16.6 Å². The van der Waals surface area contributed by atoms with Crippen LogP contribution in [0, 0.1) is 5.92 Å². The van der Waals surface area contributed by atoms with E-state index in [4.69, 9.17) is 15.2 Å². The third kappa shape index (κ3) is 4.58. The van der Waals surface area contributed by atoms with Crippen LogP contribution in [0.1, 0.15) is 41.8 Å². The third-order valence-corrected chi connectivity index (χ3v) is 8.65. The average molecular weight is 521 g/mol. The van der Waals surface area contributed by atoms with Crippen LogP contribution < -0.4 is 15.8 Å². The topological polar surface area (TPSA) is 115 Å². The molecule has 4 heterocycles. The van der Waals surface area contributed by atoms with Crippen molar-refractivity contribution in [3.8, 4) is 5.75 Å². The Morgan fingerprint density at radius 2 is 2.27 bits per heavy atom. The van der Waals surface area contributed by atoms with E-state index in [-0.39, 0.29) is 24.0 Å². The van der Waals surface area contributed by atoms with E-state index in [0.29, 0.717) is 32.8 Å². The summed E-state index contributed by atoms with van der Waals surface area (Å²) in [5, 5.41) is 4.58. The minimum absolute atomic E-state index is 0.000711. The van der Waals surface area contributed by atoms with Gasteiger partial charge in [0.15, 0.2) is 0 Å². The number of nitrogens with zero attached hydrogens (tertiary/aromatic N) is 4. The van der Waals surface area contributed by atoms with E-state index in [1.165, 1.54) is 10.4 Å². The highest BCUT2D eigenvalue weighted by atomic mass is 32.1. The monoisotopic (exact) mass is 520 g/mol. The van der Waals surface area contributed by atoms with Crippen molar-refractivity contribution in [2.75, 3.05) is 31.6 Å². The summed E-state index contributed by atoms with van der Waals surface area (Å²) in [5.41, 5.74) is 10.1. The molecule has 2 aromatic heterocycles. The summed E-state index contributed by atoms with van der Waals surface area (Å²) in [6.45, 7) is 7.01. The van der Waals surface area contributed by atoms with Gasteiger partial charge in [0.2, 0.25) is 5.91 Å². The smallest absolute Gasteiger partial charge is 0.226 e. The molecular formula is C27H32N6O3S. The van der Waals surface area contributed by atoms with Gasteiger partial charge in [-0.25, -0.2) is 9.97 Å². The molecule has 0 radical (unpaired) electrons. The van der Waals surface area contributed by atoms with E-state index in [2.05, 4.69) is 33.3 Å². The van der Waals surface area contributed by atoms with Gasteiger partial charge in [0.05, 0.1) is 36.9 Å². The molecule has 3 aromatic rings. The molecule has 0 saturated carbocycles. The zero-order chi connectivity index (χ0) is 25.5. The number of morpholine rings is 1. The highest BCUT2D eigenvalue weighted by molar-refractivity contribution is 7.19. The number of aliphatic imine (C=N–C) groups is 1. The molecule has 1 aromatic carbocycles. The summed E-state index contributed by atoms with van der Waals surface area (Å²) in [5.74, 6) is 1.75. The molecule has 9 nitrogen and oxygen atoms in total. The third-order valence-electron chi connectivity index (χ3n) is 7.49. The van der Waals surface area contributed by atoms with Crippen molar-refractivity contribution in [2.45, 2.75) is 51.8 Å². The van der Waals surface area contributed by atoms with Gasteiger partial charge in [0.1, 0.15) is 28.8 Å². The number of benzene rings is 1. The van der Waals surface area contributed by atoms with Gasteiger partial charge in [-0.3, -0.25) is 9.79 Å². The Morgan fingerprint density at radius 1 is 1.38 bits per heavy atom. The number of aryl methyl sites for hydroxylation is 1. The Morgan fingerprint density at radius 3 is 3.11 bits per heavy atom. The second-order valence-corrected chi connectivity index (χ2v) is 11.2. The number of hydrogen-bond donors (Lipinski definition) is 2. The molecular weight excluding hydrogens is 488 g/mol. The average Bonchev–Trinajstić information content (AvgIpc) is 3.52. The van der Waals surface area contributed by atoms with E-state index in [0.717, 1.165) is 57.9 Å². The minimum atomic E-state index is -0.121. The van der Waals surface area contributed by atoms with Crippen LogP contribution in [0.4, 0.5) is 11.5 Å². The lowest BCUT2D eigenvalue weighted by Crippen LogP contribution is -2.50. The Balaban J connectivity index is 1.31. The maximum Gasteiger partial charge on any atom is 0.226 e. The highest BCUT2D eigenvalue weighted by Crippen LogP contribution is 2.42. The number of thiophene rings is 1. The summed E-state index contributed by atoms with van der Waals surface area (Å²) in [6, 6.07) is 4.23. The van der Waals surface area contributed by atoms with E-state index in [1.54, 1.807) is 17.7 Å². The molecule has 37 heavy (non-hydrogen) atoms. The maximum absolute atomic E-state index is 13.3. The van der Waals surface area contributed by atoms with Gasteiger partial charge >= 0.3 is 0 Å². The number of carbonyl (C=O) groups is 1. The fourth-order valence-electron chi connectivity index (χ4n) is 5.43. The number of nitrogens with two attached hydrogens (primary N) is 1. The molecule has 2 aliphatic heterocycles. The predicted octanol–water partition coefficient (Wildman–Crippen LogP) is 3.45. The lowest BCUT2D eigenvalue weighted by atomic mass is 9.86. The number of carbonyl (C=O) groups excluding carboxylic acids is 1. The number of amides is 1. The van der Waals surface area contributed by atoms with E-state index < -0.39 is 0 Å². The minimum Gasteiger partial charge on any atom is -0.487 e. The van der Waals surface area contributed by atoms with Crippen molar-refractivity contribution < 1.29 is 14.3 Å². The number of hydrogen-bond acceptors (Lipinski definition) is 9. The molecule has 3 atom stereocenters. The molecule has 1 saturated heterocycles. The van der Waals surface area contributed by atoms with Gasteiger partial charge < -0.3 is 25.4 Å². The standard InChI is InChI=1S/C27H32N6O3S/c1-15-13-35-6-5-33(15)27(34)17-3-4-20-23(9-17)37-26-24(20)25(30-14-31-26)32-21-7-18-11-29-12-19(18)8-22(21)36-16(2)10-28/h7-8,11,14-17H,3-6,9-10,12-13,28H2,1-2H3,(H,30,31,32)/t15-,16-,17+/m1/s1. The first-order valence-corrected chi connectivity index (χ1v) is 13.8. The van der Waals surface area contributed by atoms with Crippen molar-refractivity contribution in [3.05, 3.63) is 40.0 Å². The quantitative estimate of drug-likeness (QED) is 0.512. The lowest BCUT2D eigenvalue weighted by molar-refractivity contribution is -0.143. The van der Waals surface area contributed by atoms with Crippen LogP contribution in [0.2, 0.25) is 0 Å². The maximum atomic E-state index is 13.3. The number of anilines is 2. The number of ether oxygens (including phenoxy) is 2. The van der Waals surface area contributed by atoms with Crippen molar-refractivity contribution >= 4 is 45.2 Å². The zero-order valence-corrected chi connectivity index (χ0v) is 22.0. The first-order chi connectivity index (χ1) is 18.0. The first kappa shape index (κ1) is 24.3. The number of fused-ring (bicyclic) bond motifs is 4. The molecule has 1 amide bonds. The molecule has 6 rings (SSSR count). The predicted molar refractivity (Wildman–Crippen MR) is 145 cm³/mol. The summed E-state index contributed by atoms with van der Waals surface area (Å²) in [6.07, 6.45) is 5.78. The van der Waals surface area contributed by atoms with Crippen LogP contribution in [0.15, 0.2) is 23.5 Å². The summed E-state index contributed by atoms with van der Waals surface area (Å²) < 4.78 is 11.7. The Bertz CT molecular complexity index is 1370. The summed E-state index contributed by atoms with van der Waals surface area (Å²) >= 11 is 1.68. The van der Waals surface area contributed by atoms with Crippen LogP contribution in [-0.2, 0) is 28.9 Å². The SMILES string of the molecule is C[C@H](CN)Oc1cc2c(cc1Nc1ncnc3sc4c(c13)CC[C@H](C(=O)N1CCOC[C@H]1C)C4)C=NC2. The summed E-state index contributed by atoms with van der Waals surface area (Å²) in [4.78, 5) is 31.1. The Hall–Kier alpha value is -3.08. The first-order valence-electron chi connectivity index (χ1n) is 13.0. The Labute approximate surface area is 220 Å². The second-order valence-electron chi connectivity index (χ2n) is 10.1. The van der Waals surface area contributed by atoms with Gasteiger partial charge in [0, 0.05) is 30.1 Å². The zero-order valence-electron chi connectivity index (χ0n) is 21.2. The van der Waals surface area contributed by atoms with E-state index in [9.17, 15) is 4.79 Å². The molecule has 1 aliphatic carbocycles. The molecule has 3 N–H and O–H groups in total. The number of rotatable bonds is 6. The number of nitrogens with one attached hydrogen (secondary N) is 1. The molecule has 194 valence electrons. The highest BCUT2D eigenvalue weighted by Gasteiger charge is 2.34. The fraction of sp³-hybridized carbons (Fsp3) is 0.481. The molecule has 0 bridgehead atoms.